The lowest BCUT2D eigenvalue weighted by Crippen LogP contribution is -2.55. The molecule has 0 spiro atoms. The summed E-state index contributed by atoms with van der Waals surface area (Å²) >= 11 is 0. The molecule has 4 aromatic rings. The van der Waals surface area contributed by atoms with Crippen LogP contribution in [-0.2, 0) is 16.9 Å². The van der Waals surface area contributed by atoms with Crippen molar-refractivity contribution in [1.29, 1.82) is 0 Å². The van der Waals surface area contributed by atoms with Gasteiger partial charge in [0.05, 0.1) is 36.7 Å². The molecule has 0 amide bonds. The molecule has 2 aromatic carbocycles. The Hall–Kier alpha value is -3.42. The first-order valence-electron chi connectivity index (χ1n) is 11.8. The van der Waals surface area contributed by atoms with E-state index in [1.165, 1.54) is 5.56 Å². The summed E-state index contributed by atoms with van der Waals surface area (Å²) < 4.78 is 5.82. The quantitative estimate of drug-likeness (QED) is 0.483. The third kappa shape index (κ3) is 3.71. The molecule has 0 aliphatic carbocycles. The summed E-state index contributed by atoms with van der Waals surface area (Å²) in [6.07, 6.45) is 3.93. The number of ether oxygens (including phenoxy) is 1. The van der Waals surface area contributed by atoms with E-state index >= 15 is 0 Å². The van der Waals surface area contributed by atoms with Gasteiger partial charge in [0, 0.05) is 42.3 Å². The Balaban J connectivity index is 1.38. The van der Waals surface area contributed by atoms with Crippen molar-refractivity contribution in [3.8, 4) is 11.4 Å². The van der Waals surface area contributed by atoms with Gasteiger partial charge in [0.2, 0.25) is 0 Å². The van der Waals surface area contributed by atoms with Crippen LogP contribution in [0.5, 0.6) is 0 Å². The minimum atomic E-state index is -0.844. The maximum absolute atomic E-state index is 10.3. The number of benzene rings is 2. The fraction of sp³-hybridized carbons (Fsp3) is 0.333. The van der Waals surface area contributed by atoms with Gasteiger partial charge >= 0.3 is 0 Å². The van der Waals surface area contributed by atoms with Gasteiger partial charge in [-0.15, -0.1) is 0 Å². The highest BCUT2D eigenvalue weighted by atomic mass is 16.5. The highest BCUT2D eigenvalue weighted by molar-refractivity contribution is 5.93. The van der Waals surface area contributed by atoms with Crippen LogP contribution >= 0.6 is 0 Å². The van der Waals surface area contributed by atoms with E-state index in [0.717, 1.165) is 59.0 Å². The molecule has 0 radical (unpaired) electrons. The van der Waals surface area contributed by atoms with Crippen molar-refractivity contribution >= 4 is 22.4 Å². The van der Waals surface area contributed by atoms with Crippen LogP contribution in [0.2, 0.25) is 0 Å². The predicted octanol–water partition coefficient (Wildman–Crippen LogP) is 4.08. The maximum Gasteiger partial charge on any atom is 0.162 e. The van der Waals surface area contributed by atoms with E-state index in [1.54, 1.807) is 0 Å². The summed E-state index contributed by atoms with van der Waals surface area (Å²) in [5, 5.41) is 11.4. The number of morpholine rings is 1. The second-order valence-electron chi connectivity index (χ2n) is 9.71. The number of nitrogens with zero attached hydrogens (tertiary/aromatic N) is 4. The van der Waals surface area contributed by atoms with Gasteiger partial charge < -0.3 is 24.6 Å². The second-order valence-corrected chi connectivity index (χ2v) is 9.71. The molecule has 2 N–H and O–H groups in total. The van der Waals surface area contributed by atoms with Crippen LogP contribution in [0.25, 0.3) is 22.3 Å². The third-order valence-electron chi connectivity index (χ3n) is 6.89. The molecule has 1 atom stereocenters. The number of hydrogen-bond donors (Lipinski definition) is 2. The molecule has 0 saturated carbocycles. The lowest BCUT2D eigenvalue weighted by molar-refractivity contribution is 0.0786. The molecule has 1 fully saturated rings. The van der Waals surface area contributed by atoms with Crippen LogP contribution in [0.4, 0.5) is 11.5 Å². The van der Waals surface area contributed by atoms with Crippen molar-refractivity contribution in [2.75, 3.05) is 36.1 Å². The summed E-state index contributed by atoms with van der Waals surface area (Å²) in [5.41, 5.74) is 4.42. The molecule has 7 heteroatoms. The largest absolute Gasteiger partial charge is 0.386 e. The minimum Gasteiger partial charge on any atom is -0.386 e. The summed E-state index contributed by atoms with van der Waals surface area (Å²) in [4.78, 5) is 17.9. The number of H-pyrrole nitrogens is 1. The summed E-state index contributed by atoms with van der Waals surface area (Å²) in [5.74, 6) is 1.72. The minimum absolute atomic E-state index is 0.252. The Morgan fingerprint density at radius 1 is 1.15 bits per heavy atom. The van der Waals surface area contributed by atoms with Crippen LogP contribution in [0, 0.1) is 0 Å². The number of hydrogen-bond acceptors (Lipinski definition) is 6. The Morgan fingerprint density at radius 2 is 2.00 bits per heavy atom. The molecule has 6 rings (SSSR count). The van der Waals surface area contributed by atoms with Gasteiger partial charge in [0.1, 0.15) is 0 Å². The average Bonchev–Trinajstić information content (AvgIpc) is 3.33. The zero-order chi connectivity index (χ0) is 23.3. The van der Waals surface area contributed by atoms with Crippen LogP contribution in [0.15, 0.2) is 60.9 Å². The van der Waals surface area contributed by atoms with Crippen molar-refractivity contribution in [2.24, 2.45) is 0 Å². The van der Waals surface area contributed by atoms with Gasteiger partial charge in [-0.1, -0.05) is 36.4 Å². The SMILES string of the molecule is CC(C)(O)c1ccc(CN2CC3COCCN3c3nc(-c4cccc5[nH]ccc45)ncc32)cc1. The van der Waals surface area contributed by atoms with E-state index in [1.807, 2.05) is 44.4 Å². The smallest absolute Gasteiger partial charge is 0.162 e. The number of aliphatic hydroxyl groups is 1. The monoisotopic (exact) mass is 455 g/mol. The Morgan fingerprint density at radius 3 is 2.82 bits per heavy atom. The molecule has 0 bridgehead atoms. The van der Waals surface area contributed by atoms with Crippen LogP contribution in [0.3, 0.4) is 0 Å². The van der Waals surface area contributed by atoms with Crippen molar-refractivity contribution < 1.29 is 9.84 Å². The van der Waals surface area contributed by atoms with Crippen LogP contribution in [-0.4, -0.2) is 52.4 Å². The molecule has 2 aliphatic heterocycles. The summed E-state index contributed by atoms with van der Waals surface area (Å²) in [6.45, 7) is 7.46. The molecule has 2 aliphatic rings. The zero-order valence-electron chi connectivity index (χ0n) is 19.5. The maximum atomic E-state index is 10.3. The molecular formula is C27H29N5O2. The molecule has 1 saturated heterocycles. The van der Waals surface area contributed by atoms with Crippen LogP contribution in [0.1, 0.15) is 25.0 Å². The average molecular weight is 456 g/mol. The van der Waals surface area contributed by atoms with E-state index in [0.29, 0.717) is 13.2 Å². The molecule has 2 aromatic heterocycles. The first-order valence-corrected chi connectivity index (χ1v) is 11.8. The normalized spacial score (nSPS) is 18.1. The van der Waals surface area contributed by atoms with Crippen LogP contribution < -0.4 is 9.80 Å². The highest BCUT2D eigenvalue weighted by Crippen LogP contribution is 2.37. The number of aromatic amines is 1. The lowest BCUT2D eigenvalue weighted by atomic mass is 9.97. The molecule has 174 valence electrons. The predicted molar refractivity (Wildman–Crippen MR) is 134 cm³/mol. The zero-order valence-corrected chi connectivity index (χ0v) is 19.5. The van der Waals surface area contributed by atoms with Crippen molar-refractivity contribution in [3.05, 3.63) is 72.1 Å². The van der Waals surface area contributed by atoms with E-state index in [9.17, 15) is 5.11 Å². The van der Waals surface area contributed by atoms with E-state index in [-0.39, 0.29) is 6.04 Å². The Bertz CT molecular complexity index is 1330. The first kappa shape index (κ1) is 21.1. The van der Waals surface area contributed by atoms with Gasteiger partial charge in [-0.2, -0.15) is 0 Å². The Kier molecular flexibility index (Phi) is 5.04. The van der Waals surface area contributed by atoms with E-state index < -0.39 is 5.60 Å². The molecule has 4 heterocycles. The number of rotatable bonds is 4. The second kappa shape index (κ2) is 8.11. The molecule has 1 unspecified atom stereocenters. The van der Waals surface area contributed by atoms with E-state index in [2.05, 4.69) is 45.1 Å². The van der Waals surface area contributed by atoms with Gasteiger partial charge in [0.15, 0.2) is 11.6 Å². The van der Waals surface area contributed by atoms with Gasteiger partial charge in [-0.05, 0) is 37.1 Å². The van der Waals surface area contributed by atoms with Gasteiger partial charge in [0.25, 0.3) is 0 Å². The fourth-order valence-corrected chi connectivity index (χ4v) is 5.04. The van der Waals surface area contributed by atoms with Crippen molar-refractivity contribution in [3.63, 3.8) is 0 Å². The number of nitrogens with one attached hydrogen (secondary N) is 1. The Labute approximate surface area is 199 Å². The summed E-state index contributed by atoms with van der Waals surface area (Å²) in [6, 6.07) is 16.7. The topological polar surface area (TPSA) is 77.5 Å². The number of fused-ring (bicyclic) bond motifs is 4. The standard InChI is InChI=1S/C27H29N5O2/c1-27(2,33)19-8-6-18(7-9-19)15-31-16-20-17-34-13-12-32(20)26-24(31)14-29-25(30-26)22-4-3-5-23-21(22)10-11-28-23/h3-11,14,20,28,33H,12-13,15-17H2,1-2H3. The van der Waals surface area contributed by atoms with Gasteiger partial charge in [-0.3, -0.25) is 0 Å². The first-order chi connectivity index (χ1) is 16.5. The third-order valence-corrected chi connectivity index (χ3v) is 6.89. The van der Waals surface area contributed by atoms with Crippen molar-refractivity contribution in [1.82, 2.24) is 15.0 Å². The number of anilines is 2. The highest BCUT2D eigenvalue weighted by Gasteiger charge is 2.35. The molecule has 34 heavy (non-hydrogen) atoms. The lowest BCUT2D eigenvalue weighted by Gasteiger charge is -2.45. The molecule has 7 nitrogen and oxygen atoms in total. The van der Waals surface area contributed by atoms with E-state index in [4.69, 9.17) is 14.7 Å². The molecular weight excluding hydrogens is 426 g/mol. The van der Waals surface area contributed by atoms with Gasteiger partial charge in [-0.25, -0.2) is 9.97 Å². The van der Waals surface area contributed by atoms with Crippen molar-refractivity contribution in [2.45, 2.75) is 32.0 Å². The summed E-state index contributed by atoms with van der Waals surface area (Å²) in [7, 11) is 0. The number of aromatic nitrogens is 3. The fourth-order valence-electron chi connectivity index (χ4n) is 5.04.